The van der Waals surface area contributed by atoms with Crippen LogP contribution in [-0.2, 0) is 22.7 Å². The molecular weight excluding hydrogens is 202 g/mol. The van der Waals surface area contributed by atoms with Gasteiger partial charge in [0.1, 0.15) is 5.76 Å². The predicted molar refractivity (Wildman–Crippen MR) is 60.5 cm³/mol. The van der Waals surface area contributed by atoms with Gasteiger partial charge in [0, 0.05) is 6.42 Å². The second kappa shape index (κ2) is 3.92. The molecule has 0 amide bonds. The largest absolute Gasteiger partial charge is 0.496 e. The summed E-state index contributed by atoms with van der Waals surface area (Å²) in [4.78, 5) is 0. The first-order chi connectivity index (χ1) is 7.84. The van der Waals surface area contributed by atoms with Crippen LogP contribution in [0, 0.1) is 0 Å². The molecule has 84 valence electrons. The molecule has 0 radical (unpaired) electrons. The minimum atomic E-state index is -0.131. The van der Waals surface area contributed by atoms with Crippen LogP contribution >= 0.6 is 0 Å². The van der Waals surface area contributed by atoms with Gasteiger partial charge < -0.3 is 15.2 Å². The summed E-state index contributed by atoms with van der Waals surface area (Å²) in [5, 5.41) is 0. The molecule has 0 saturated carbocycles. The third-order valence-corrected chi connectivity index (χ3v) is 3.14. The van der Waals surface area contributed by atoms with Crippen molar-refractivity contribution >= 4 is 0 Å². The summed E-state index contributed by atoms with van der Waals surface area (Å²) in [5.74, 6) is 0.902. The van der Waals surface area contributed by atoms with Crippen molar-refractivity contribution < 1.29 is 9.47 Å². The smallest absolute Gasteiger partial charge is 0.113 e. The summed E-state index contributed by atoms with van der Waals surface area (Å²) >= 11 is 0. The maximum Gasteiger partial charge on any atom is 0.113 e. The molecule has 2 aliphatic heterocycles. The molecule has 0 bridgehead atoms. The molecule has 1 atom stereocenters. The first-order valence-electron chi connectivity index (χ1n) is 5.62. The molecule has 1 aromatic rings. The number of hydrogen-bond acceptors (Lipinski definition) is 3. The van der Waals surface area contributed by atoms with Gasteiger partial charge >= 0.3 is 0 Å². The van der Waals surface area contributed by atoms with Crippen LogP contribution in [0.15, 0.2) is 30.0 Å². The first kappa shape index (κ1) is 9.87. The molecule has 0 fully saturated rings. The minimum Gasteiger partial charge on any atom is -0.496 e. The average molecular weight is 217 g/mol. The van der Waals surface area contributed by atoms with Gasteiger partial charge in [-0.1, -0.05) is 18.2 Å². The van der Waals surface area contributed by atoms with Gasteiger partial charge in [-0.2, -0.15) is 0 Å². The van der Waals surface area contributed by atoms with E-state index in [4.69, 9.17) is 15.2 Å². The zero-order valence-corrected chi connectivity index (χ0v) is 9.11. The first-order valence-corrected chi connectivity index (χ1v) is 5.62. The van der Waals surface area contributed by atoms with E-state index >= 15 is 0 Å². The Morgan fingerprint density at radius 1 is 1.19 bits per heavy atom. The number of ether oxygens (including phenoxy) is 2. The Balaban J connectivity index is 1.89. The average Bonchev–Trinajstić information content (AvgIpc) is 2.98. The van der Waals surface area contributed by atoms with Crippen molar-refractivity contribution in [3.05, 3.63) is 46.7 Å². The Hall–Kier alpha value is -1.32. The third-order valence-electron chi connectivity index (χ3n) is 3.14. The van der Waals surface area contributed by atoms with Gasteiger partial charge in [-0.05, 0) is 22.8 Å². The van der Waals surface area contributed by atoms with Crippen LogP contribution in [0.4, 0.5) is 0 Å². The van der Waals surface area contributed by atoms with Crippen molar-refractivity contribution in [1.29, 1.82) is 0 Å². The lowest BCUT2D eigenvalue weighted by molar-refractivity contribution is 0.134. The molecular formula is C13H15NO2. The molecule has 1 unspecified atom stereocenters. The zero-order valence-electron chi connectivity index (χ0n) is 9.11. The Labute approximate surface area is 94.9 Å². The van der Waals surface area contributed by atoms with E-state index in [2.05, 4.69) is 24.3 Å². The van der Waals surface area contributed by atoms with E-state index in [-0.39, 0.29) is 6.04 Å². The highest BCUT2D eigenvalue weighted by atomic mass is 16.5. The van der Waals surface area contributed by atoms with Crippen LogP contribution in [-0.4, -0.2) is 6.61 Å². The van der Waals surface area contributed by atoms with Crippen LogP contribution in [0.5, 0.6) is 0 Å². The van der Waals surface area contributed by atoms with Crippen molar-refractivity contribution in [1.82, 2.24) is 0 Å². The molecule has 2 heterocycles. The van der Waals surface area contributed by atoms with Crippen LogP contribution in [0.25, 0.3) is 0 Å². The second-order valence-electron chi connectivity index (χ2n) is 4.24. The van der Waals surface area contributed by atoms with E-state index < -0.39 is 0 Å². The number of nitrogens with two attached hydrogens (primary N) is 1. The third kappa shape index (κ3) is 1.62. The van der Waals surface area contributed by atoms with Crippen molar-refractivity contribution in [3.63, 3.8) is 0 Å². The lowest BCUT2D eigenvalue weighted by Crippen LogP contribution is -2.13. The zero-order chi connectivity index (χ0) is 11.0. The second-order valence-corrected chi connectivity index (χ2v) is 4.24. The van der Waals surface area contributed by atoms with Gasteiger partial charge in [0.15, 0.2) is 0 Å². The van der Waals surface area contributed by atoms with E-state index in [1.54, 1.807) is 0 Å². The highest BCUT2D eigenvalue weighted by Gasteiger charge is 2.19. The fraction of sp³-hybridized carbons (Fsp3) is 0.385. The monoisotopic (exact) mass is 217 g/mol. The van der Waals surface area contributed by atoms with E-state index in [0.717, 1.165) is 31.0 Å². The molecule has 3 heteroatoms. The lowest BCUT2D eigenvalue weighted by atomic mass is 10.0. The summed E-state index contributed by atoms with van der Waals surface area (Å²) in [6, 6.07) is 6.18. The number of hydrogen-bond donors (Lipinski definition) is 1. The van der Waals surface area contributed by atoms with E-state index in [9.17, 15) is 0 Å². The summed E-state index contributed by atoms with van der Waals surface area (Å²) in [7, 11) is 0. The fourth-order valence-electron chi connectivity index (χ4n) is 2.20. The lowest BCUT2D eigenvalue weighted by Gasteiger charge is -2.14. The van der Waals surface area contributed by atoms with Crippen molar-refractivity contribution in [2.75, 3.05) is 6.61 Å². The number of fused-ring (bicyclic) bond motifs is 1. The molecule has 2 N–H and O–H groups in total. The van der Waals surface area contributed by atoms with Crippen LogP contribution in [0.2, 0.25) is 0 Å². The molecule has 0 aromatic heterocycles. The Bertz CT molecular complexity index is 440. The maximum absolute atomic E-state index is 6.16. The molecule has 16 heavy (non-hydrogen) atoms. The normalized spacial score (nSPS) is 20.2. The maximum atomic E-state index is 6.16. The molecule has 3 rings (SSSR count). The predicted octanol–water partition coefficient (Wildman–Crippen LogP) is 2.02. The quantitative estimate of drug-likeness (QED) is 0.824. The van der Waals surface area contributed by atoms with E-state index in [1.807, 2.05) is 0 Å². The van der Waals surface area contributed by atoms with Crippen molar-refractivity contribution in [3.8, 4) is 0 Å². The van der Waals surface area contributed by atoms with E-state index in [0.29, 0.717) is 6.61 Å². The van der Waals surface area contributed by atoms with Crippen LogP contribution < -0.4 is 5.73 Å². The van der Waals surface area contributed by atoms with E-state index in [1.165, 1.54) is 11.1 Å². The van der Waals surface area contributed by atoms with Crippen molar-refractivity contribution in [2.24, 2.45) is 5.73 Å². The molecule has 3 nitrogen and oxygen atoms in total. The Morgan fingerprint density at radius 3 is 2.88 bits per heavy atom. The van der Waals surface area contributed by atoms with Crippen molar-refractivity contribution in [2.45, 2.75) is 25.7 Å². The van der Waals surface area contributed by atoms with Gasteiger partial charge in [0.2, 0.25) is 0 Å². The van der Waals surface area contributed by atoms with Gasteiger partial charge in [-0.15, -0.1) is 0 Å². The van der Waals surface area contributed by atoms with Crippen LogP contribution in [0.1, 0.15) is 29.2 Å². The molecule has 0 spiro atoms. The SMILES string of the molecule is NC(C1=CCCO1)c1ccc2c(c1)COC2. The summed E-state index contributed by atoms with van der Waals surface area (Å²) < 4.78 is 10.9. The standard InChI is InChI=1S/C13H15NO2/c14-13(12-2-1-5-16-12)9-3-4-10-7-15-8-11(10)6-9/h2-4,6,13H,1,5,7-8,14H2. The summed E-state index contributed by atoms with van der Waals surface area (Å²) in [5.41, 5.74) is 9.80. The number of benzene rings is 1. The molecule has 1 aromatic carbocycles. The Kier molecular flexibility index (Phi) is 2.42. The molecule has 0 aliphatic carbocycles. The highest BCUT2D eigenvalue weighted by Crippen LogP contribution is 2.28. The summed E-state index contributed by atoms with van der Waals surface area (Å²) in [6.07, 6.45) is 3.05. The fourth-order valence-corrected chi connectivity index (χ4v) is 2.20. The van der Waals surface area contributed by atoms with Gasteiger partial charge in [-0.3, -0.25) is 0 Å². The topological polar surface area (TPSA) is 44.5 Å². The van der Waals surface area contributed by atoms with Gasteiger partial charge in [-0.25, -0.2) is 0 Å². The Morgan fingerprint density at radius 2 is 2.06 bits per heavy atom. The van der Waals surface area contributed by atoms with Gasteiger partial charge in [0.05, 0.1) is 25.9 Å². The molecule has 2 aliphatic rings. The number of rotatable bonds is 2. The highest BCUT2D eigenvalue weighted by molar-refractivity contribution is 5.36. The van der Waals surface area contributed by atoms with Gasteiger partial charge in [0.25, 0.3) is 0 Å². The summed E-state index contributed by atoms with van der Waals surface area (Å²) in [6.45, 7) is 2.19. The van der Waals surface area contributed by atoms with Crippen LogP contribution in [0.3, 0.4) is 0 Å². The minimum absolute atomic E-state index is 0.131. The molecule has 0 saturated heterocycles.